The fraction of sp³-hybridized carbons (Fsp3) is 0.400. The van der Waals surface area contributed by atoms with Crippen molar-refractivity contribution in [3.63, 3.8) is 0 Å². The van der Waals surface area contributed by atoms with Gasteiger partial charge in [0.05, 0.1) is 6.04 Å². The van der Waals surface area contributed by atoms with Crippen LogP contribution in [-0.2, 0) is 6.42 Å². The molecule has 2 aromatic rings. The van der Waals surface area contributed by atoms with E-state index in [9.17, 15) is 4.39 Å². The third-order valence-electron chi connectivity index (χ3n) is 4.60. The van der Waals surface area contributed by atoms with Crippen molar-refractivity contribution < 1.29 is 4.39 Å². The average Bonchev–Trinajstić information content (AvgIpc) is 3.06. The van der Waals surface area contributed by atoms with Gasteiger partial charge in [-0.05, 0) is 43.0 Å². The molecule has 2 atom stereocenters. The minimum Gasteiger partial charge on any atom is -0.386 e. The first-order valence-corrected chi connectivity index (χ1v) is 8.82. The number of aromatic nitrogens is 2. The largest absolute Gasteiger partial charge is 0.386 e. The van der Waals surface area contributed by atoms with Crippen LogP contribution in [0.3, 0.4) is 0 Å². The monoisotopic (exact) mass is 340 g/mol. The minimum atomic E-state index is -0.170. The Morgan fingerprint density at radius 3 is 2.68 bits per heavy atom. The third-order valence-corrected chi connectivity index (χ3v) is 4.60. The number of hydrogen-bond donors (Lipinski definition) is 2. The van der Waals surface area contributed by atoms with Crippen LogP contribution < -0.4 is 10.6 Å². The van der Waals surface area contributed by atoms with Gasteiger partial charge < -0.3 is 10.6 Å². The number of rotatable bonds is 6. The van der Waals surface area contributed by atoms with Gasteiger partial charge in [-0.25, -0.2) is 14.4 Å². The summed E-state index contributed by atoms with van der Waals surface area (Å²) in [6.45, 7) is 6.03. The Balaban J connectivity index is 1.60. The second kappa shape index (κ2) is 7.64. The molecule has 1 unspecified atom stereocenters. The molecule has 1 aromatic heterocycles. The Morgan fingerprint density at radius 1 is 1.28 bits per heavy atom. The molecule has 2 heterocycles. The van der Waals surface area contributed by atoms with Crippen molar-refractivity contribution in [2.75, 3.05) is 0 Å². The highest BCUT2D eigenvalue weighted by Crippen LogP contribution is 2.17. The molecule has 0 spiro atoms. The molecule has 25 heavy (non-hydrogen) atoms. The molecule has 0 amide bonds. The first-order valence-electron chi connectivity index (χ1n) is 8.82. The molecule has 4 nitrogen and oxygen atoms in total. The summed E-state index contributed by atoms with van der Waals surface area (Å²) in [6, 6.07) is 5.78. The molecule has 1 aliphatic rings. The lowest BCUT2D eigenvalue weighted by Crippen LogP contribution is -2.21. The van der Waals surface area contributed by atoms with Gasteiger partial charge in [-0.1, -0.05) is 19.1 Å². The summed E-state index contributed by atoms with van der Waals surface area (Å²) in [5.41, 5.74) is 3.95. The molecular weight excluding hydrogens is 315 g/mol. The number of nitrogens with one attached hydrogen (secondary N) is 2. The Labute approximate surface area is 148 Å². The summed E-state index contributed by atoms with van der Waals surface area (Å²) in [7, 11) is 0. The normalized spacial score (nSPS) is 17.8. The molecule has 0 bridgehead atoms. The molecule has 1 aliphatic heterocycles. The molecule has 0 saturated carbocycles. The molecule has 1 aromatic carbocycles. The van der Waals surface area contributed by atoms with Crippen molar-refractivity contribution in [1.29, 1.82) is 0 Å². The molecule has 0 radical (unpaired) electrons. The summed E-state index contributed by atoms with van der Waals surface area (Å²) in [4.78, 5) is 9.00. The average molecular weight is 340 g/mol. The Bertz CT molecular complexity index is 755. The van der Waals surface area contributed by atoms with Crippen molar-refractivity contribution in [3.05, 3.63) is 70.8 Å². The first kappa shape index (κ1) is 17.4. The van der Waals surface area contributed by atoms with E-state index in [0.717, 1.165) is 29.8 Å². The Morgan fingerprint density at radius 2 is 2.04 bits per heavy atom. The van der Waals surface area contributed by atoms with E-state index in [1.807, 2.05) is 24.5 Å². The fourth-order valence-electron chi connectivity index (χ4n) is 3.04. The topological polar surface area (TPSA) is 49.8 Å². The maximum atomic E-state index is 13.4. The van der Waals surface area contributed by atoms with E-state index in [1.165, 1.54) is 11.8 Å². The van der Waals surface area contributed by atoms with Crippen LogP contribution in [0, 0.1) is 12.7 Å². The second-order valence-corrected chi connectivity index (χ2v) is 6.72. The van der Waals surface area contributed by atoms with Gasteiger partial charge in [0.2, 0.25) is 0 Å². The van der Waals surface area contributed by atoms with Gasteiger partial charge in [0.1, 0.15) is 11.6 Å². The number of nitrogens with zero attached hydrogens (tertiary/aromatic N) is 2. The fourth-order valence-corrected chi connectivity index (χ4v) is 3.04. The van der Waals surface area contributed by atoms with Crippen LogP contribution in [-0.4, -0.2) is 16.0 Å². The van der Waals surface area contributed by atoms with Crippen molar-refractivity contribution in [1.82, 2.24) is 20.6 Å². The summed E-state index contributed by atoms with van der Waals surface area (Å²) < 4.78 is 13.4. The van der Waals surface area contributed by atoms with Gasteiger partial charge in [-0.3, -0.25) is 0 Å². The maximum absolute atomic E-state index is 13.4. The van der Waals surface area contributed by atoms with Crippen molar-refractivity contribution in [3.8, 4) is 0 Å². The van der Waals surface area contributed by atoms with E-state index in [2.05, 4.69) is 40.6 Å². The van der Waals surface area contributed by atoms with E-state index in [4.69, 9.17) is 0 Å². The second-order valence-electron chi connectivity index (χ2n) is 6.72. The lowest BCUT2D eigenvalue weighted by Gasteiger charge is -2.15. The summed E-state index contributed by atoms with van der Waals surface area (Å²) in [5, 5.41) is 6.84. The SMILES string of the molecule is CC[C@H]1CC(NC(C)c2ncc(Cc3ccc(F)c(C)c3)cn2)=CN1. The molecule has 0 fully saturated rings. The van der Waals surface area contributed by atoms with Gasteiger partial charge in [-0.15, -0.1) is 0 Å². The maximum Gasteiger partial charge on any atom is 0.150 e. The van der Waals surface area contributed by atoms with E-state index in [-0.39, 0.29) is 11.9 Å². The Hall–Kier alpha value is -2.43. The van der Waals surface area contributed by atoms with Gasteiger partial charge in [-0.2, -0.15) is 0 Å². The molecule has 2 N–H and O–H groups in total. The number of aryl methyl sites for hydroxylation is 1. The zero-order valence-electron chi connectivity index (χ0n) is 15.0. The van der Waals surface area contributed by atoms with Gasteiger partial charge >= 0.3 is 0 Å². The highest BCUT2D eigenvalue weighted by Gasteiger charge is 2.17. The molecule has 132 valence electrons. The smallest absolute Gasteiger partial charge is 0.150 e. The highest BCUT2D eigenvalue weighted by atomic mass is 19.1. The summed E-state index contributed by atoms with van der Waals surface area (Å²) in [5.74, 6) is 0.608. The Kier molecular flexibility index (Phi) is 5.31. The van der Waals surface area contributed by atoms with E-state index in [1.54, 1.807) is 6.92 Å². The van der Waals surface area contributed by atoms with Crippen LogP contribution in [0.4, 0.5) is 4.39 Å². The quantitative estimate of drug-likeness (QED) is 0.840. The lowest BCUT2D eigenvalue weighted by molar-refractivity contribution is 0.559. The van der Waals surface area contributed by atoms with E-state index in [0.29, 0.717) is 18.0 Å². The predicted octanol–water partition coefficient (Wildman–Crippen LogP) is 3.78. The zero-order valence-corrected chi connectivity index (χ0v) is 15.0. The summed E-state index contributed by atoms with van der Waals surface area (Å²) in [6.07, 6.45) is 8.60. The van der Waals surface area contributed by atoms with Crippen molar-refractivity contribution in [2.45, 2.75) is 52.1 Å². The van der Waals surface area contributed by atoms with Gasteiger partial charge in [0.15, 0.2) is 0 Å². The predicted molar refractivity (Wildman–Crippen MR) is 97.4 cm³/mol. The van der Waals surface area contributed by atoms with Gasteiger partial charge in [0.25, 0.3) is 0 Å². The number of benzene rings is 1. The van der Waals surface area contributed by atoms with E-state index >= 15 is 0 Å². The molecule has 3 rings (SSSR count). The number of halogens is 1. The van der Waals surface area contributed by atoms with Gasteiger partial charge in [0, 0.05) is 43.2 Å². The van der Waals surface area contributed by atoms with Crippen LogP contribution in [0.5, 0.6) is 0 Å². The molecular formula is C20H25FN4. The van der Waals surface area contributed by atoms with E-state index < -0.39 is 0 Å². The van der Waals surface area contributed by atoms with Crippen molar-refractivity contribution in [2.24, 2.45) is 0 Å². The molecule has 0 aliphatic carbocycles. The third kappa shape index (κ3) is 4.35. The van der Waals surface area contributed by atoms with Crippen LogP contribution in [0.1, 0.15) is 55.2 Å². The lowest BCUT2D eigenvalue weighted by atomic mass is 10.1. The number of hydrogen-bond acceptors (Lipinski definition) is 4. The first-order chi connectivity index (χ1) is 12.0. The van der Waals surface area contributed by atoms with Crippen molar-refractivity contribution >= 4 is 0 Å². The highest BCUT2D eigenvalue weighted by molar-refractivity contribution is 5.28. The van der Waals surface area contributed by atoms with Crippen LogP contribution in [0.2, 0.25) is 0 Å². The van der Waals surface area contributed by atoms with Crippen LogP contribution in [0.25, 0.3) is 0 Å². The summed E-state index contributed by atoms with van der Waals surface area (Å²) >= 11 is 0. The molecule has 5 heteroatoms. The minimum absolute atomic E-state index is 0.0609. The van der Waals surface area contributed by atoms with Crippen LogP contribution >= 0.6 is 0 Å². The standard InChI is InChI=1S/C20H25FN4/c1-4-17-9-18(12-22-17)25-14(3)20-23-10-16(11-24-20)8-15-5-6-19(21)13(2)7-15/h5-7,10-12,14,17,22,25H,4,8-9H2,1-3H3/t14?,17-/m0/s1. The molecule has 0 saturated heterocycles. The zero-order chi connectivity index (χ0) is 17.8. The van der Waals surface area contributed by atoms with Crippen LogP contribution in [0.15, 0.2) is 42.5 Å².